The molecule has 0 aromatic heterocycles. The molecule has 0 spiro atoms. The third-order valence-corrected chi connectivity index (χ3v) is 3.51. The molecule has 0 saturated heterocycles. The second-order valence-electron chi connectivity index (χ2n) is 3.60. The summed E-state index contributed by atoms with van der Waals surface area (Å²) in [7, 11) is 0. The van der Waals surface area contributed by atoms with E-state index in [1.165, 1.54) is 23.9 Å². The Morgan fingerprint density at radius 3 is 2.50 bits per heavy atom. The summed E-state index contributed by atoms with van der Waals surface area (Å²) in [5.74, 6) is 0.0686. The monoisotopic (exact) mass is 263 g/mol. The van der Waals surface area contributed by atoms with Crippen LogP contribution in [-0.4, -0.2) is 4.92 Å². The highest BCUT2D eigenvalue weighted by molar-refractivity contribution is 7.98. The molecule has 0 aliphatic rings. The summed E-state index contributed by atoms with van der Waals surface area (Å²) in [4.78, 5) is 10.9. The van der Waals surface area contributed by atoms with Crippen molar-refractivity contribution in [3.63, 3.8) is 0 Å². The van der Waals surface area contributed by atoms with Crippen LogP contribution in [-0.2, 0) is 5.75 Å². The van der Waals surface area contributed by atoms with Crippen LogP contribution < -0.4 is 0 Å². The predicted molar refractivity (Wildman–Crippen MR) is 69.1 cm³/mol. The molecule has 92 valence electrons. The van der Waals surface area contributed by atoms with Crippen LogP contribution in [0, 0.1) is 15.9 Å². The first-order chi connectivity index (χ1) is 8.68. The second-order valence-corrected chi connectivity index (χ2v) is 4.62. The van der Waals surface area contributed by atoms with Gasteiger partial charge in [0.25, 0.3) is 5.69 Å². The molecule has 0 N–H and O–H groups in total. The maximum absolute atomic E-state index is 13.4. The lowest BCUT2D eigenvalue weighted by Gasteiger charge is -2.04. The molecule has 5 heteroatoms. The minimum Gasteiger partial charge on any atom is -0.258 e. The Kier molecular flexibility index (Phi) is 3.94. The van der Waals surface area contributed by atoms with Crippen molar-refractivity contribution in [2.75, 3.05) is 0 Å². The molecular formula is C13H10FNO2S. The van der Waals surface area contributed by atoms with Gasteiger partial charge in [-0.15, -0.1) is 11.8 Å². The minimum absolute atomic E-state index is 0.0707. The average Bonchev–Trinajstić information content (AvgIpc) is 2.38. The molecule has 0 atom stereocenters. The highest BCUT2D eigenvalue weighted by Crippen LogP contribution is 2.29. The van der Waals surface area contributed by atoms with Gasteiger partial charge in [0.2, 0.25) is 0 Å². The molecule has 0 bridgehead atoms. The van der Waals surface area contributed by atoms with Gasteiger partial charge in [-0.3, -0.25) is 10.1 Å². The number of nitrogens with zero attached hydrogens (tertiary/aromatic N) is 1. The molecule has 18 heavy (non-hydrogen) atoms. The summed E-state index contributed by atoms with van der Waals surface area (Å²) in [6, 6.07) is 12.9. The SMILES string of the molecule is O=[N+]([O-])c1ccccc1CSc1ccccc1F. The van der Waals surface area contributed by atoms with E-state index in [0.717, 1.165) is 0 Å². The number of para-hydroxylation sites is 1. The fraction of sp³-hybridized carbons (Fsp3) is 0.0769. The Labute approximate surface area is 108 Å². The zero-order chi connectivity index (χ0) is 13.0. The predicted octanol–water partition coefficient (Wildman–Crippen LogP) is 4.03. The third-order valence-electron chi connectivity index (χ3n) is 2.41. The van der Waals surface area contributed by atoms with Crippen LogP contribution in [0.25, 0.3) is 0 Å². The Hall–Kier alpha value is -1.88. The van der Waals surface area contributed by atoms with Crippen LogP contribution in [0.4, 0.5) is 10.1 Å². The first kappa shape index (κ1) is 12.6. The number of benzene rings is 2. The zero-order valence-electron chi connectivity index (χ0n) is 9.38. The molecular weight excluding hydrogens is 253 g/mol. The number of hydrogen-bond acceptors (Lipinski definition) is 3. The van der Waals surface area contributed by atoms with Gasteiger partial charge in [0.1, 0.15) is 5.82 Å². The molecule has 0 radical (unpaired) electrons. The van der Waals surface area contributed by atoms with Crippen molar-refractivity contribution in [1.29, 1.82) is 0 Å². The van der Waals surface area contributed by atoms with Gasteiger partial charge in [0.15, 0.2) is 0 Å². The van der Waals surface area contributed by atoms with Gasteiger partial charge in [-0.2, -0.15) is 0 Å². The summed E-state index contributed by atoms with van der Waals surface area (Å²) in [5.41, 5.74) is 0.664. The first-order valence-electron chi connectivity index (χ1n) is 5.28. The van der Waals surface area contributed by atoms with Crippen LogP contribution in [0.5, 0.6) is 0 Å². The van der Waals surface area contributed by atoms with E-state index in [4.69, 9.17) is 0 Å². The third kappa shape index (κ3) is 2.87. The maximum Gasteiger partial charge on any atom is 0.273 e. The van der Waals surface area contributed by atoms with Crippen molar-refractivity contribution in [3.05, 3.63) is 70.0 Å². The van der Waals surface area contributed by atoms with Crippen molar-refractivity contribution in [1.82, 2.24) is 0 Å². The summed E-state index contributed by atoms with van der Waals surface area (Å²) in [6.07, 6.45) is 0. The van der Waals surface area contributed by atoms with Crippen LogP contribution in [0.1, 0.15) is 5.56 Å². The van der Waals surface area contributed by atoms with Gasteiger partial charge in [0.05, 0.1) is 4.92 Å². The van der Waals surface area contributed by atoms with Crippen molar-refractivity contribution in [2.24, 2.45) is 0 Å². The quantitative estimate of drug-likeness (QED) is 0.475. The van der Waals surface area contributed by atoms with Crippen molar-refractivity contribution < 1.29 is 9.31 Å². The summed E-state index contributed by atoms with van der Waals surface area (Å²) in [5, 5.41) is 10.8. The molecule has 2 aromatic rings. The Balaban J connectivity index is 2.16. The van der Waals surface area contributed by atoms with E-state index in [2.05, 4.69) is 0 Å². The summed E-state index contributed by atoms with van der Waals surface area (Å²) in [6.45, 7) is 0. The van der Waals surface area contributed by atoms with E-state index >= 15 is 0 Å². The maximum atomic E-state index is 13.4. The van der Waals surface area contributed by atoms with Crippen LogP contribution in [0.15, 0.2) is 53.4 Å². The van der Waals surface area contributed by atoms with E-state index in [0.29, 0.717) is 16.2 Å². The highest BCUT2D eigenvalue weighted by atomic mass is 32.2. The van der Waals surface area contributed by atoms with Gasteiger partial charge in [-0.05, 0) is 12.1 Å². The highest BCUT2D eigenvalue weighted by Gasteiger charge is 2.12. The molecule has 0 fully saturated rings. The van der Waals surface area contributed by atoms with Gasteiger partial charge >= 0.3 is 0 Å². The lowest BCUT2D eigenvalue weighted by atomic mass is 10.2. The molecule has 3 nitrogen and oxygen atoms in total. The van der Waals surface area contributed by atoms with Crippen LogP contribution in [0.3, 0.4) is 0 Å². The molecule has 0 aliphatic carbocycles. The van der Waals surface area contributed by atoms with E-state index in [9.17, 15) is 14.5 Å². The van der Waals surface area contributed by atoms with Gasteiger partial charge in [0, 0.05) is 22.3 Å². The standard InChI is InChI=1S/C13H10FNO2S/c14-11-6-2-4-8-13(11)18-9-10-5-1-3-7-12(10)15(16)17/h1-8H,9H2. The minimum atomic E-state index is -0.419. The number of thioether (sulfide) groups is 1. The van der Waals surface area contributed by atoms with Crippen molar-refractivity contribution >= 4 is 17.4 Å². The van der Waals surface area contributed by atoms with Crippen LogP contribution in [0.2, 0.25) is 0 Å². The number of nitro benzene ring substituents is 1. The van der Waals surface area contributed by atoms with Gasteiger partial charge < -0.3 is 0 Å². The molecule has 0 saturated carbocycles. The normalized spacial score (nSPS) is 10.3. The Bertz CT molecular complexity index is 574. The molecule has 0 heterocycles. The smallest absolute Gasteiger partial charge is 0.258 e. The first-order valence-corrected chi connectivity index (χ1v) is 6.26. The van der Waals surface area contributed by atoms with Gasteiger partial charge in [-0.1, -0.05) is 30.3 Å². The van der Waals surface area contributed by atoms with E-state index in [1.807, 2.05) is 0 Å². The molecule has 0 aliphatic heterocycles. The Morgan fingerprint density at radius 2 is 1.78 bits per heavy atom. The largest absolute Gasteiger partial charge is 0.273 e. The van der Waals surface area contributed by atoms with Crippen molar-refractivity contribution in [2.45, 2.75) is 10.6 Å². The molecule has 2 rings (SSSR count). The Morgan fingerprint density at radius 1 is 1.11 bits per heavy atom. The number of nitro groups is 1. The number of rotatable bonds is 4. The van der Waals surface area contributed by atoms with E-state index in [1.54, 1.807) is 36.4 Å². The molecule has 0 unspecified atom stereocenters. The topological polar surface area (TPSA) is 43.1 Å². The second kappa shape index (κ2) is 5.64. The summed E-state index contributed by atoms with van der Waals surface area (Å²) < 4.78 is 13.4. The fourth-order valence-corrected chi connectivity index (χ4v) is 2.46. The lowest BCUT2D eigenvalue weighted by molar-refractivity contribution is -0.385. The van der Waals surface area contributed by atoms with Crippen molar-refractivity contribution in [3.8, 4) is 0 Å². The molecule has 0 amide bonds. The molecule has 2 aromatic carbocycles. The van der Waals surface area contributed by atoms with Crippen LogP contribution >= 0.6 is 11.8 Å². The van der Waals surface area contributed by atoms with E-state index in [-0.39, 0.29) is 11.5 Å². The summed E-state index contributed by atoms with van der Waals surface area (Å²) >= 11 is 1.25. The van der Waals surface area contributed by atoms with Gasteiger partial charge in [-0.25, -0.2) is 4.39 Å². The average molecular weight is 263 g/mol. The zero-order valence-corrected chi connectivity index (χ0v) is 10.2. The lowest BCUT2D eigenvalue weighted by Crippen LogP contribution is -1.93. The fourth-order valence-electron chi connectivity index (χ4n) is 1.53. The van der Waals surface area contributed by atoms with E-state index < -0.39 is 4.92 Å². The number of halogens is 1. The number of hydrogen-bond donors (Lipinski definition) is 0.